The molecule has 0 aliphatic carbocycles. The summed E-state index contributed by atoms with van der Waals surface area (Å²) in [6.45, 7) is 2.24. The van der Waals surface area contributed by atoms with E-state index < -0.39 is 11.1 Å². The summed E-state index contributed by atoms with van der Waals surface area (Å²) in [6.07, 6.45) is 12.7. The van der Waals surface area contributed by atoms with Gasteiger partial charge in [0.2, 0.25) is 0 Å². The fourth-order valence-corrected chi connectivity index (χ4v) is 2.16. The molecule has 0 saturated heterocycles. The minimum absolute atomic E-state index is 0. The van der Waals surface area contributed by atoms with E-state index in [1.807, 2.05) is 0 Å². The second kappa shape index (κ2) is 15.7. The molecule has 94 valence electrons. The molecular weight excluding hydrogens is 274 g/mol. The Hall–Kier alpha value is 0.733. The minimum Gasteiger partial charge on any atom is -0.306 e. The Morgan fingerprint density at radius 1 is 0.812 bits per heavy atom. The van der Waals surface area contributed by atoms with Gasteiger partial charge in [0.25, 0.3) is 0 Å². The van der Waals surface area contributed by atoms with Crippen LogP contribution >= 0.6 is 0 Å². The molecule has 1 unspecified atom stereocenters. The molecule has 0 bridgehead atoms. The number of rotatable bonds is 11. The Balaban J connectivity index is 0. The van der Waals surface area contributed by atoms with E-state index in [9.17, 15) is 4.21 Å². The Bertz CT molecular complexity index is 154. The van der Waals surface area contributed by atoms with E-state index in [2.05, 4.69) is 6.92 Å². The first-order valence-electron chi connectivity index (χ1n) is 6.35. The van der Waals surface area contributed by atoms with Crippen molar-refractivity contribution in [3.8, 4) is 0 Å². The fourth-order valence-electron chi connectivity index (χ4n) is 1.71. The molecule has 0 aliphatic rings. The van der Waals surface area contributed by atoms with Crippen LogP contribution in [0.25, 0.3) is 0 Å². The first-order chi connectivity index (χ1) is 7.27. The van der Waals surface area contributed by atoms with Crippen molar-refractivity contribution >= 4 is 11.1 Å². The summed E-state index contributed by atoms with van der Waals surface area (Å²) in [6, 6.07) is 0. The molecule has 0 fully saturated rings. The van der Waals surface area contributed by atoms with Gasteiger partial charge >= 0.3 is 0 Å². The van der Waals surface area contributed by atoms with Crippen LogP contribution in [0.4, 0.5) is 0 Å². The zero-order valence-corrected chi connectivity index (χ0v) is 14.5. The molecule has 0 spiro atoms. The number of unbranched alkanes of at least 4 members (excludes halogenated alkanes) is 9. The predicted octanol–water partition coefficient (Wildman–Crippen LogP) is 4.13. The van der Waals surface area contributed by atoms with E-state index in [1.54, 1.807) is 0 Å². The van der Waals surface area contributed by atoms with Crippen molar-refractivity contribution < 1.29 is 28.2 Å². The van der Waals surface area contributed by atoms with Gasteiger partial charge in [0, 0.05) is 25.2 Å². The average molecular weight is 300 g/mol. The normalized spacial score (nSPS) is 12.1. The van der Waals surface area contributed by atoms with Crippen LogP contribution in [0, 0.1) is 0 Å². The SMILES string of the molecule is CCCCCCCCCCCCS(=O)O.[Zn]. The van der Waals surface area contributed by atoms with Gasteiger partial charge in [0.15, 0.2) is 11.1 Å². The predicted molar refractivity (Wildman–Crippen MR) is 67.5 cm³/mol. The summed E-state index contributed by atoms with van der Waals surface area (Å²) in [7, 11) is 0. The van der Waals surface area contributed by atoms with Crippen molar-refractivity contribution in [1.29, 1.82) is 0 Å². The van der Waals surface area contributed by atoms with Gasteiger partial charge in [-0.1, -0.05) is 64.7 Å². The number of hydrogen-bond donors (Lipinski definition) is 1. The van der Waals surface area contributed by atoms with Gasteiger partial charge in [-0.2, -0.15) is 0 Å². The smallest absolute Gasteiger partial charge is 0.152 e. The van der Waals surface area contributed by atoms with Crippen LogP contribution in [-0.4, -0.2) is 14.5 Å². The van der Waals surface area contributed by atoms with Crippen LogP contribution in [0.2, 0.25) is 0 Å². The van der Waals surface area contributed by atoms with Crippen LogP contribution in [0.3, 0.4) is 0 Å². The maximum absolute atomic E-state index is 10.3. The van der Waals surface area contributed by atoms with Gasteiger partial charge in [-0.05, 0) is 6.42 Å². The summed E-state index contributed by atoms with van der Waals surface area (Å²) >= 11 is -1.58. The molecule has 4 heteroatoms. The molecule has 0 aromatic carbocycles. The van der Waals surface area contributed by atoms with Crippen LogP contribution < -0.4 is 0 Å². The molecule has 1 N–H and O–H groups in total. The van der Waals surface area contributed by atoms with Crippen molar-refractivity contribution in [2.45, 2.75) is 71.1 Å². The Labute approximate surface area is 116 Å². The van der Waals surface area contributed by atoms with Crippen molar-refractivity contribution in [3.05, 3.63) is 0 Å². The monoisotopic (exact) mass is 298 g/mol. The summed E-state index contributed by atoms with van der Waals surface area (Å²) in [4.78, 5) is 0. The largest absolute Gasteiger partial charge is 0.306 e. The number of hydrogen-bond acceptors (Lipinski definition) is 1. The molecule has 0 radical (unpaired) electrons. The topological polar surface area (TPSA) is 37.3 Å². The minimum atomic E-state index is -1.58. The van der Waals surface area contributed by atoms with Gasteiger partial charge < -0.3 is 4.55 Å². The van der Waals surface area contributed by atoms with Gasteiger partial charge in [0.1, 0.15) is 0 Å². The molecule has 0 rings (SSSR count). The maximum atomic E-state index is 10.3. The molecule has 0 saturated carbocycles. The van der Waals surface area contributed by atoms with Crippen molar-refractivity contribution in [2.75, 3.05) is 5.75 Å². The average Bonchev–Trinajstić information content (AvgIpc) is 2.20. The quantitative estimate of drug-likeness (QED) is 0.354. The van der Waals surface area contributed by atoms with E-state index >= 15 is 0 Å². The Morgan fingerprint density at radius 3 is 1.56 bits per heavy atom. The van der Waals surface area contributed by atoms with Gasteiger partial charge in [0.05, 0.1) is 0 Å². The van der Waals surface area contributed by atoms with E-state index in [4.69, 9.17) is 4.55 Å². The molecule has 0 aromatic heterocycles. The Morgan fingerprint density at radius 2 is 1.19 bits per heavy atom. The first-order valence-corrected chi connectivity index (χ1v) is 7.62. The molecule has 0 heterocycles. The maximum Gasteiger partial charge on any atom is 0.152 e. The summed E-state index contributed by atoms with van der Waals surface area (Å²) < 4.78 is 18.9. The van der Waals surface area contributed by atoms with Gasteiger partial charge in [-0.15, -0.1) is 0 Å². The molecular formula is C12H26O2SZn. The second-order valence-electron chi connectivity index (χ2n) is 4.21. The molecule has 1 atom stereocenters. The van der Waals surface area contributed by atoms with Gasteiger partial charge in [-0.25, -0.2) is 4.21 Å². The fraction of sp³-hybridized carbons (Fsp3) is 1.00. The molecule has 0 amide bonds. The van der Waals surface area contributed by atoms with Crippen molar-refractivity contribution in [2.24, 2.45) is 0 Å². The Kier molecular flexibility index (Phi) is 18.8. The van der Waals surface area contributed by atoms with E-state index in [0.717, 1.165) is 12.8 Å². The van der Waals surface area contributed by atoms with Crippen LogP contribution in [0.1, 0.15) is 71.1 Å². The zero-order valence-electron chi connectivity index (χ0n) is 10.7. The second-order valence-corrected chi connectivity index (χ2v) is 5.26. The molecule has 0 aliphatic heterocycles. The standard InChI is InChI=1S/C12H26O2S.Zn/c1-2-3-4-5-6-7-8-9-10-11-12-15(13)14;/h2-12H2,1H3,(H,13,14);. The van der Waals surface area contributed by atoms with Crippen LogP contribution in [0.15, 0.2) is 0 Å². The third-order valence-corrected chi connectivity index (χ3v) is 3.31. The first kappa shape index (κ1) is 19.1. The van der Waals surface area contributed by atoms with Crippen LogP contribution in [-0.2, 0) is 30.6 Å². The van der Waals surface area contributed by atoms with Gasteiger partial charge in [-0.3, -0.25) is 0 Å². The summed E-state index contributed by atoms with van der Waals surface area (Å²) in [5.41, 5.74) is 0. The third kappa shape index (κ3) is 17.1. The molecule has 0 aromatic rings. The van der Waals surface area contributed by atoms with Crippen molar-refractivity contribution in [3.63, 3.8) is 0 Å². The van der Waals surface area contributed by atoms with Crippen LogP contribution in [0.5, 0.6) is 0 Å². The molecule has 16 heavy (non-hydrogen) atoms. The van der Waals surface area contributed by atoms with E-state index in [1.165, 1.54) is 51.4 Å². The zero-order chi connectivity index (χ0) is 11.4. The summed E-state index contributed by atoms with van der Waals surface area (Å²) in [5.74, 6) is 0.455. The van der Waals surface area contributed by atoms with E-state index in [0.29, 0.717) is 5.75 Å². The molecule has 2 nitrogen and oxygen atoms in total. The van der Waals surface area contributed by atoms with Crippen molar-refractivity contribution in [1.82, 2.24) is 0 Å². The van der Waals surface area contributed by atoms with E-state index in [-0.39, 0.29) is 19.5 Å². The summed E-state index contributed by atoms with van der Waals surface area (Å²) in [5, 5.41) is 0. The third-order valence-electron chi connectivity index (χ3n) is 2.67.